The molecule has 1 aromatic rings. The minimum absolute atomic E-state index is 0.434. The molecule has 4 heteroatoms. The van der Waals surface area contributed by atoms with Crippen LogP contribution in [0.15, 0.2) is 23.1 Å². The normalized spacial score (nSPS) is 23.8. The topological polar surface area (TPSA) is 69.1 Å². The number of hydrogen-bond acceptors (Lipinski definition) is 3. The van der Waals surface area contributed by atoms with Gasteiger partial charge < -0.3 is 11.5 Å². The first-order valence-corrected chi connectivity index (χ1v) is 7.31. The number of thioether (sulfide) groups is 1. The van der Waals surface area contributed by atoms with Crippen LogP contribution in [0, 0.1) is 5.92 Å². The molecule has 1 amide bonds. The van der Waals surface area contributed by atoms with Gasteiger partial charge in [-0.15, -0.1) is 11.8 Å². The summed E-state index contributed by atoms with van der Waals surface area (Å²) in [5.74, 6) is 0.337. The summed E-state index contributed by atoms with van der Waals surface area (Å²) in [6.07, 6.45) is 5.07. The van der Waals surface area contributed by atoms with Crippen LogP contribution in [0.4, 0.5) is 5.69 Å². The number of hydrogen-bond donors (Lipinski definition) is 2. The smallest absolute Gasteiger partial charge is 0.250 e. The van der Waals surface area contributed by atoms with E-state index in [2.05, 4.69) is 6.92 Å². The van der Waals surface area contributed by atoms with E-state index in [1.54, 1.807) is 17.8 Å². The first-order valence-electron chi connectivity index (χ1n) is 6.43. The zero-order valence-electron chi connectivity index (χ0n) is 10.7. The SMILES string of the molecule is CC1CCCC(Sc2cccc(C(N)=O)c2N)C1. The molecule has 0 saturated heterocycles. The van der Waals surface area contributed by atoms with Crippen LogP contribution < -0.4 is 11.5 Å². The monoisotopic (exact) mass is 264 g/mol. The van der Waals surface area contributed by atoms with Crippen LogP contribution in [0.2, 0.25) is 0 Å². The van der Waals surface area contributed by atoms with Crippen molar-refractivity contribution in [3.8, 4) is 0 Å². The van der Waals surface area contributed by atoms with Gasteiger partial charge in [0.1, 0.15) is 0 Å². The predicted molar refractivity (Wildman–Crippen MR) is 76.6 cm³/mol. The fraction of sp³-hybridized carbons (Fsp3) is 0.500. The number of carbonyl (C=O) groups is 1. The van der Waals surface area contributed by atoms with Crippen molar-refractivity contribution in [2.75, 3.05) is 5.73 Å². The lowest BCUT2D eigenvalue weighted by atomic mass is 9.91. The molecule has 2 unspecified atom stereocenters. The fourth-order valence-electron chi connectivity index (χ4n) is 2.53. The number of benzene rings is 1. The van der Waals surface area contributed by atoms with E-state index in [4.69, 9.17) is 11.5 Å². The predicted octanol–water partition coefficient (Wildman–Crippen LogP) is 3.04. The second kappa shape index (κ2) is 5.65. The number of nitrogen functional groups attached to an aromatic ring is 1. The Labute approximate surface area is 112 Å². The second-order valence-electron chi connectivity index (χ2n) is 5.09. The Morgan fingerprint density at radius 1 is 1.39 bits per heavy atom. The standard InChI is InChI=1S/C14H20N2OS/c1-9-4-2-5-10(8-9)18-12-7-3-6-11(13(12)15)14(16)17/h3,6-7,9-10H,2,4-5,8,15H2,1H3,(H2,16,17). The Morgan fingerprint density at radius 3 is 2.83 bits per heavy atom. The summed E-state index contributed by atoms with van der Waals surface area (Å²) in [5, 5.41) is 0.610. The van der Waals surface area contributed by atoms with Gasteiger partial charge in [-0.05, 0) is 30.9 Å². The van der Waals surface area contributed by atoms with Crippen LogP contribution in [0.3, 0.4) is 0 Å². The van der Waals surface area contributed by atoms with Crippen LogP contribution in [-0.2, 0) is 0 Å². The molecule has 1 fully saturated rings. The fourth-order valence-corrected chi connectivity index (χ4v) is 3.99. The highest BCUT2D eigenvalue weighted by Gasteiger charge is 2.21. The van der Waals surface area contributed by atoms with Crippen LogP contribution in [0.25, 0.3) is 0 Å². The molecule has 0 bridgehead atoms. The van der Waals surface area contributed by atoms with Crippen LogP contribution in [-0.4, -0.2) is 11.2 Å². The highest BCUT2D eigenvalue weighted by Crippen LogP contribution is 2.38. The third-order valence-electron chi connectivity index (χ3n) is 3.51. The molecule has 2 atom stereocenters. The Kier molecular flexibility index (Phi) is 4.17. The van der Waals surface area contributed by atoms with Crippen molar-refractivity contribution in [1.82, 2.24) is 0 Å². The summed E-state index contributed by atoms with van der Waals surface area (Å²) < 4.78 is 0. The lowest BCUT2D eigenvalue weighted by molar-refractivity contribution is 0.100. The van der Waals surface area contributed by atoms with Crippen molar-refractivity contribution in [2.45, 2.75) is 42.8 Å². The third-order valence-corrected chi connectivity index (χ3v) is 4.88. The number of primary amides is 1. The number of para-hydroxylation sites is 1. The minimum Gasteiger partial charge on any atom is -0.397 e. The van der Waals surface area contributed by atoms with E-state index in [1.165, 1.54) is 25.7 Å². The first kappa shape index (κ1) is 13.3. The van der Waals surface area contributed by atoms with Gasteiger partial charge in [-0.25, -0.2) is 0 Å². The van der Waals surface area contributed by atoms with Crippen molar-refractivity contribution >= 4 is 23.4 Å². The average molecular weight is 264 g/mol. The molecule has 1 aliphatic carbocycles. The number of amides is 1. The Morgan fingerprint density at radius 2 is 2.17 bits per heavy atom. The maximum atomic E-state index is 11.3. The van der Waals surface area contributed by atoms with E-state index < -0.39 is 5.91 Å². The Bertz CT molecular complexity index is 447. The van der Waals surface area contributed by atoms with Gasteiger partial charge in [-0.2, -0.15) is 0 Å². The van der Waals surface area contributed by atoms with Crippen LogP contribution >= 0.6 is 11.8 Å². The maximum Gasteiger partial charge on any atom is 0.250 e. The lowest BCUT2D eigenvalue weighted by Crippen LogP contribution is -2.16. The maximum absolute atomic E-state index is 11.3. The molecule has 1 saturated carbocycles. The highest BCUT2D eigenvalue weighted by atomic mass is 32.2. The van der Waals surface area contributed by atoms with Crippen molar-refractivity contribution in [2.24, 2.45) is 11.7 Å². The summed E-state index contributed by atoms with van der Waals surface area (Å²) in [6, 6.07) is 5.52. The molecule has 0 spiro atoms. The largest absolute Gasteiger partial charge is 0.397 e. The molecule has 18 heavy (non-hydrogen) atoms. The van der Waals surface area contributed by atoms with Gasteiger partial charge >= 0.3 is 0 Å². The number of nitrogens with two attached hydrogens (primary N) is 2. The van der Waals surface area contributed by atoms with E-state index in [0.29, 0.717) is 16.5 Å². The molecule has 3 nitrogen and oxygen atoms in total. The molecule has 1 aliphatic rings. The van der Waals surface area contributed by atoms with Crippen molar-refractivity contribution in [1.29, 1.82) is 0 Å². The van der Waals surface area contributed by atoms with Crippen molar-refractivity contribution in [3.05, 3.63) is 23.8 Å². The summed E-state index contributed by atoms with van der Waals surface area (Å²) >= 11 is 1.79. The minimum atomic E-state index is -0.452. The van der Waals surface area contributed by atoms with Gasteiger partial charge in [0, 0.05) is 10.1 Å². The Hall–Kier alpha value is -1.16. The summed E-state index contributed by atoms with van der Waals surface area (Å²) in [5.41, 5.74) is 12.3. The first-order chi connectivity index (χ1) is 8.58. The molecule has 1 aromatic carbocycles. The number of anilines is 1. The second-order valence-corrected chi connectivity index (χ2v) is 6.44. The molecule has 2 rings (SSSR count). The molecule has 98 valence electrons. The summed E-state index contributed by atoms with van der Waals surface area (Å²) in [6.45, 7) is 2.30. The van der Waals surface area contributed by atoms with Gasteiger partial charge in [0.05, 0.1) is 11.3 Å². The van der Waals surface area contributed by atoms with E-state index in [1.807, 2.05) is 12.1 Å². The van der Waals surface area contributed by atoms with E-state index in [9.17, 15) is 4.79 Å². The summed E-state index contributed by atoms with van der Waals surface area (Å²) in [4.78, 5) is 12.2. The number of rotatable bonds is 3. The van der Waals surface area contributed by atoms with Gasteiger partial charge in [-0.1, -0.05) is 25.8 Å². The highest BCUT2D eigenvalue weighted by molar-refractivity contribution is 8.00. The van der Waals surface area contributed by atoms with E-state index >= 15 is 0 Å². The average Bonchev–Trinajstić information content (AvgIpc) is 2.31. The molecular weight excluding hydrogens is 244 g/mol. The molecule has 0 heterocycles. The zero-order chi connectivity index (χ0) is 13.1. The lowest BCUT2D eigenvalue weighted by Gasteiger charge is -2.26. The van der Waals surface area contributed by atoms with Crippen molar-refractivity contribution in [3.63, 3.8) is 0 Å². The van der Waals surface area contributed by atoms with E-state index in [-0.39, 0.29) is 0 Å². The molecule has 0 radical (unpaired) electrons. The van der Waals surface area contributed by atoms with Crippen molar-refractivity contribution < 1.29 is 4.79 Å². The molecule has 0 aliphatic heterocycles. The molecule has 4 N–H and O–H groups in total. The molecule has 0 aromatic heterocycles. The van der Waals surface area contributed by atoms with Gasteiger partial charge in [-0.3, -0.25) is 4.79 Å². The van der Waals surface area contributed by atoms with Gasteiger partial charge in [0.15, 0.2) is 0 Å². The molecular formula is C14H20N2OS. The summed E-state index contributed by atoms with van der Waals surface area (Å²) in [7, 11) is 0. The Balaban J connectivity index is 2.14. The third kappa shape index (κ3) is 2.99. The van der Waals surface area contributed by atoms with E-state index in [0.717, 1.165) is 10.8 Å². The van der Waals surface area contributed by atoms with Gasteiger partial charge in [0.2, 0.25) is 0 Å². The van der Waals surface area contributed by atoms with Gasteiger partial charge in [0.25, 0.3) is 5.91 Å². The zero-order valence-corrected chi connectivity index (χ0v) is 11.5. The quantitative estimate of drug-likeness (QED) is 0.824. The van der Waals surface area contributed by atoms with Crippen LogP contribution in [0.5, 0.6) is 0 Å². The number of carbonyl (C=O) groups excluding carboxylic acids is 1. The van der Waals surface area contributed by atoms with Crippen LogP contribution in [0.1, 0.15) is 43.0 Å².